The normalized spacial score (nSPS) is 43.5. The second-order valence-corrected chi connectivity index (χ2v) is 7.96. The number of rotatable bonds is 10. The molecule has 2 aliphatic rings. The Labute approximate surface area is 187 Å². The number of hydrogen-bond acceptors (Lipinski definition) is 15. The van der Waals surface area contributed by atoms with Crippen molar-refractivity contribution in [3.63, 3.8) is 0 Å². The first-order valence-electron chi connectivity index (χ1n) is 10.2. The van der Waals surface area contributed by atoms with Crippen LogP contribution in [0.4, 0.5) is 0 Å². The molecule has 194 valence electrons. The van der Waals surface area contributed by atoms with Gasteiger partial charge in [-0.15, -0.1) is 0 Å². The van der Waals surface area contributed by atoms with Gasteiger partial charge in [0.25, 0.3) is 0 Å². The van der Waals surface area contributed by atoms with Gasteiger partial charge in [0, 0.05) is 0 Å². The Balaban J connectivity index is 2.30. The lowest BCUT2D eigenvalue weighted by atomic mass is 9.97. The Morgan fingerprint density at radius 1 is 0.818 bits per heavy atom. The van der Waals surface area contributed by atoms with E-state index in [0.29, 0.717) is 0 Å². The number of aliphatic hydroxyl groups excluding tert-OH is 10. The monoisotopic (exact) mass is 488 g/mol. The van der Waals surface area contributed by atoms with Crippen LogP contribution in [-0.4, -0.2) is 156 Å². The molecule has 0 radical (unpaired) electrons. The molecule has 0 aromatic carbocycles. The minimum atomic E-state index is -1.97. The van der Waals surface area contributed by atoms with Crippen molar-refractivity contribution in [1.29, 1.82) is 0 Å². The predicted octanol–water partition coefficient (Wildman–Crippen LogP) is -6.70. The van der Waals surface area contributed by atoms with Crippen molar-refractivity contribution in [3.8, 4) is 0 Å². The highest BCUT2D eigenvalue weighted by Crippen LogP contribution is 2.31. The van der Waals surface area contributed by atoms with Crippen LogP contribution in [0.5, 0.6) is 0 Å². The second kappa shape index (κ2) is 12.2. The number of carbonyl (C=O) groups excluding carboxylic acids is 1. The van der Waals surface area contributed by atoms with Gasteiger partial charge in [-0.3, -0.25) is 0 Å². The van der Waals surface area contributed by atoms with Crippen LogP contribution in [0.3, 0.4) is 0 Å². The summed E-state index contributed by atoms with van der Waals surface area (Å²) in [5, 5.41) is 99.2. The molecule has 15 nitrogen and oxygen atoms in total. The zero-order valence-electron chi connectivity index (χ0n) is 17.6. The molecule has 15 heteroatoms. The van der Waals surface area contributed by atoms with Gasteiger partial charge in [0.1, 0.15) is 67.1 Å². The molecule has 2 saturated heterocycles. The van der Waals surface area contributed by atoms with E-state index in [2.05, 4.69) is 0 Å². The maximum atomic E-state index is 10.8. The van der Waals surface area contributed by atoms with Gasteiger partial charge < -0.3 is 74.8 Å². The highest BCUT2D eigenvalue weighted by atomic mass is 16.8. The van der Waals surface area contributed by atoms with Crippen LogP contribution in [0.25, 0.3) is 0 Å². The molecule has 2 heterocycles. The van der Waals surface area contributed by atoms with Gasteiger partial charge in [0.15, 0.2) is 18.9 Å². The van der Waals surface area contributed by atoms with Gasteiger partial charge in [-0.25, -0.2) is 0 Å². The molecule has 0 aromatic rings. The summed E-state index contributed by atoms with van der Waals surface area (Å²) in [5.74, 6) is 0. The van der Waals surface area contributed by atoms with Crippen molar-refractivity contribution in [2.24, 2.45) is 0 Å². The van der Waals surface area contributed by atoms with E-state index in [1.54, 1.807) is 0 Å². The number of carbonyl (C=O) groups is 1. The van der Waals surface area contributed by atoms with Crippen molar-refractivity contribution in [2.45, 2.75) is 92.8 Å². The molecule has 0 unspecified atom stereocenters. The lowest BCUT2D eigenvalue weighted by Crippen LogP contribution is -2.65. The average Bonchev–Trinajstić information content (AvgIpc) is 2.80. The molecule has 10 N–H and O–H groups in total. The fourth-order valence-electron chi connectivity index (χ4n) is 3.55. The largest absolute Gasteiger partial charge is 0.394 e. The lowest BCUT2D eigenvalue weighted by molar-refractivity contribution is -0.376. The van der Waals surface area contributed by atoms with Gasteiger partial charge in [0.05, 0.1) is 19.3 Å². The molecule has 0 aliphatic carbocycles. The highest BCUT2D eigenvalue weighted by molar-refractivity contribution is 5.56. The Morgan fingerprint density at radius 3 is 1.82 bits per heavy atom. The maximum absolute atomic E-state index is 10.8. The topological polar surface area (TPSA) is 256 Å². The Hall–Kier alpha value is -0.890. The van der Waals surface area contributed by atoms with E-state index < -0.39 is 99.0 Å². The molecule has 14 atom stereocenters. The summed E-state index contributed by atoms with van der Waals surface area (Å²) in [7, 11) is 0. The molecule has 33 heavy (non-hydrogen) atoms. The summed E-state index contributed by atoms with van der Waals surface area (Å²) in [6, 6.07) is 0. The van der Waals surface area contributed by atoms with E-state index in [4.69, 9.17) is 18.9 Å². The molecule has 0 aromatic heterocycles. The standard InChI is InChI=1S/C18H32O15/c1-5(22)15(9(24)6(23)2-19)32-18-16(13(28)11(26)8(4-21)31-18)33-17-14(29)12(27)10(25)7(3-20)30-17/h2,5-18,20-29H,3-4H2,1H3/t5-,6-,7+,8+,9-,10-,11+,12-,13-,14+,15-,16-,17+,18+/m0/s1. The zero-order valence-corrected chi connectivity index (χ0v) is 17.6. The van der Waals surface area contributed by atoms with Crippen LogP contribution in [-0.2, 0) is 23.7 Å². The molecule has 0 amide bonds. The summed E-state index contributed by atoms with van der Waals surface area (Å²) < 4.78 is 21.4. The molecule has 0 spiro atoms. The van der Waals surface area contributed by atoms with Crippen LogP contribution >= 0.6 is 0 Å². The van der Waals surface area contributed by atoms with Crippen LogP contribution in [0.2, 0.25) is 0 Å². The van der Waals surface area contributed by atoms with Crippen molar-refractivity contribution in [1.82, 2.24) is 0 Å². The van der Waals surface area contributed by atoms with Crippen molar-refractivity contribution in [3.05, 3.63) is 0 Å². The first-order valence-corrected chi connectivity index (χ1v) is 10.2. The summed E-state index contributed by atoms with van der Waals surface area (Å²) in [4.78, 5) is 10.8. The first-order chi connectivity index (χ1) is 15.5. The number of hydrogen-bond donors (Lipinski definition) is 10. The summed E-state index contributed by atoms with van der Waals surface area (Å²) in [6.45, 7) is -0.427. The Bertz CT molecular complexity index is 605. The zero-order chi connectivity index (χ0) is 25.0. The van der Waals surface area contributed by atoms with Crippen LogP contribution < -0.4 is 0 Å². The van der Waals surface area contributed by atoms with E-state index in [0.717, 1.165) is 6.92 Å². The minimum absolute atomic E-state index is 0.0117. The third-order valence-electron chi connectivity index (χ3n) is 5.56. The third-order valence-corrected chi connectivity index (χ3v) is 5.56. The smallest absolute Gasteiger partial charge is 0.187 e. The third kappa shape index (κ3) is 6.22. The fraction of sp³-hybridized carbons (Fsp3) is 0.944. The first kappa shape index (κ1) is 28.3. The highest BCUT2D eigenvalue weighted by Gasteiger charge is 2.52. The molecular formula is C18H32O15. The summed E-state index contributed by atoms with van der Waals surface area (Å²) in [6.07, 6.45) is -24.3. The minimum Gasteiger partial charge on any atom is -0.394 e. The van der Waals surface area contributed by atoms with E-state index >= 15 is 0 Å². The van der Waals surface area contributed by atoms with Crippen LogP contribution in [0, 0.1) is 0 Å². The molecule has 2 fully saturated rings. The Morgan fingerprint density at radius 2 is 1.33 bits per heavy atom. The van der Waals surface area contributed by atoms with Gasteiger partial charge >= 0.3 is 0 Å². The summed E-state index contributed by atoms with van der Waals surface area (Å²) >= 11 is 0. The van der Waals surface area contributed by atoms with Gasteiger partial charge in [-0.2, -0.15) is 0 Å². The van der Waals surface area contributed by atoms with Gasteiger partial charge in [-0.05, 0) is 6.92 Å². The summed E-state index contributed by atoms with van der Waals surface area (Å²) in [5.41, 5.74) is 0. The quantitative estimate of drug-likeness (QED) is 0.128. The number of aldehydes is 1. The van der Waals surface area contributed by atoms with Gasteiger partial charge in [0.2, 0.25) is 0 Å². The lowest BCUT2D eigenvalue weighted by Gasteiger charge is -2.46. The fourth-order valence-corrected chi connectivity index (χ4v) is 3.55. The van der Waals surface area contributed by atoms with Crippen molar-refractivity contribution >= 4 is 6.29 Å². The molecule has 2 aliphatic heterocycles. The van der Waals surface area contributed by atoms with E-state index in [1.807, 2.05) is 0 Å². The van der Waals surface area contributed by atoms with Crippen LogP contribution in [0.15, 0.2) is 0 Å². The average molecular weight is 488 g/mol. The molecule has 0 saturated carbocycles. The van der Waals surface area contributed by atoms with E-state index in [9.17, 15) is 55.9 Å². The van der Waals surface area contributed by atoms with E-state index in [1.165, 1.54) is 0 Å². The SMILES string of the molecule is C[C@H](O)[C@H](O[C@H]1O[C@H](CO)[C@@H](O)[C@H](O)[C@@H]1O[C@H]1O[C@H](CO)[C@H](O)[C@H](O)[C@H]1O)[C@@H](O)[C@@H](O)C=O. The second-order valence-electron chi connectivity index (χ2n) is 7.96. The van der Waals surface area contributed by atoms with Crippen molar-refractivity contribution in [2.75, 3.05) is 13.2 Å². The van der Waals surface area contributed by atoms with Crippen molar-refractivity contribution < 1.29 is 74.8 Å². The molecule has 2 rings (SSSR count). The maximum Gasteiger partial charge on any atom is 0.187 e. The number of ether oxygens (including phenoxy) is 4. The number of aliphatic hydroxyl groups is 10. The van der Waals surface area contributed by atoms with Crippen LogP contribution in [0.1, 0.15) is 6.92 Å². The molecular weight excluding hydrogens is 456 g/mol. The van der Waals surface area contributed by atoms with Gasteiger partial charge in [-0.1, -0.05) is 0 Å². The predicted molar refractivity (Wildman–Crippen MR) is 101 cm³/mol. The Kier molecular flexibility index (Phi) is 10.5. The van der Waals surface area contributed by atoms with E-state index in [-0.39, 0.29) is 6.29 Å². The molecule has 0 bridgehead atoms.